The molecule has 8 heteroatoms. The minimum Gasteiger partial charge on any atom is -0.348 e. The van der Waals surface area contributed by atoms with Crippen LogP contribution in [0.3, 0.4) is 0 Å². The van der Waals surface area contributed by atoms with Crippen molar-refractivity contribution in [2.75, 3.05) is 0 Å². The molecule has 1 N–H and O–H groups in total. The summed E-state index contributed by atoms with van der Waals surface area (Å²) >= 11 is 0. The second-order valence-corrected chi connectivity index (χ2v) is 7.62. The van der Waals surface area contributed by atoms with Crippen molar-refractivity contribution in [1.82, 2.24) is 19.7 Å². The maximum absolute atomic E-state index is 14.2. The fourth-order valence-electron chi connectivity index (χ4n) is 3.32. The summed E-state index contributed by atoms with van der Waals surface area (Å²) in [5.74, 6) is -1.18. The predicted molar refractivity (Wildman–Crippen MR) is 110 cm³/mol. The maximum atomic E-state index is 14.2. The number of halogens is 1. The Hall–Kier alpha value is -3.55. The molecule has 0 spiro atoms. The van der Waals surface area contributed by atoms with Crippen LogP contribution < -0.4 is 16.6 Å². The van der Waals surface area contributed by atoms with Gasteiger partial charge in [-0.2, -0.15) is 9.78 Å². The van der Waals surface area contributed by atoms with Crippen molar-refractivity contribution in [1.29, 1.82) is 0 Å². The van der Waals surface area contributed by atoms with Gasteiger partial charge in [0.15, 0.2) is 0 Å². The molecule has 0 radical (unpaired) electrons. The van der Waals surface area contributed by atoms with E-state index in [1.807, 2.05) is 19.9 Å². The molecule has 0 saturated heterocycles. The second kappa shape index (κ2) is 7.70. The standard InChI is InChI=1S/C22H21FN4O3/c1-13-9-14(2)11-17(10-13)27-22(30)26(12-15-5-3-4-6-18(15)23)21(29)19(25-27)20(28)24-16-7-8-16/h3-6,9-11,16H,7-8,12H2,1-2H3,(H,24,28). The smallest absolute Gasteiger partial charge is 0.348 e. The third kappa shape index (κ3) is 3.94. The van der Waals surface area contributed by atoms with E-state index < -0.39 is 28.7 Å². The van der Waals surface area contributed by atoms with Crippen molar-refractivity contribution >= 4 is 5.91 Å². The molecule has 1 fully saturated rings. The first-order chi connectivity index (χ1) is 14.3. The van der Waals surface area contributed by atoms with Crippen LogP contribution in [0, 0.1) is 19.7 Å². The monoisotopic (exact) mass is 408 g/mol. The van der Waals surface area contributed by atoms with Gasteiger partial charge in [-0.15, -0.1) is 0 Å². The average molecular weight is 408 g/mol. The summed E-state index contributed by atoms with van der Waals surface area (Å²) in [5.41, 5.74) is 0.419. The largest absolute Gasteiger partial charge is 0.352 e. The number of nitrogens with one attached hydrogen (secondary N) is 1. The number of hydrogen-bond acceptors (Lipinski definition) is 4. The Bertz CT molecular complexity index is 1240. The number of benzene rings is 2. The molecule has 0 atom stereocenters. The van der Waals surface area contributed by atoms with Crippen LogP contribution in [0.15, 0.2) is 52.1 Å². The number of rotatable bonds is 5. The Labute approximate surface area is 171 Å². The third-order valence-electron chi connectivity index (χ3n) is 4.92. The van der Waals surface area contributed by atoms with Gasteiger partial charge in [0.2, 0.25) is 5.69 Å². The van der Waals surface area contributed by atoms with E-state index in [-0.39, 0.29) is 18.2 Å². The minimum absolute atomic E-state index is 0.0142. The Morgan fingerprint density at radius 3 is 2.43 bits per heavy atom. The van der Waals surface area contributed by atoms with Gasteiger partial charge in [0.05, 0.1) is 12.2 Å². The van der Waals surface area contributed by atoms with Gasteiger partial charge >= 0.3 is 5.69 Å². The van der Waals surface area contributed by atoms with E-state index in [2.05, 4.69) is 10.4 Å². The topological polar surface area (TPSA) is 86.0 Å². The van der Waals surface area contributed by atoms with Gasteiger partial charge in [0.25, 0.3) is 11.5 Å². The highest BCUT2D eigenvalue weighted by Gasteiger charge is 2.27. The molecule has 0 aliphatic heterocycles. The molecule has 3 aromatic rings. The number of carbonyl (C=O) groups excluding carboxylic acids is 1. The molecule has 30 heavy (non-hydrogen) atoms. The number of carbonyl (C=O) groups is 1. The Balaban J connectivity index is 1.91. The van der Waals surface area contributed by atoms with E-state index in [0.717, 1.165) is 33.2 Å². The van der Waals surface area contributed by atoms with E-state index in [1.165, 1.54) is 18.2 Å². The lowest BCUT2D eigenvalue weighted by atomic mass is 10.1. The zero-order valence-electron chi connectivity index (χ0n) is 16.7. The van der Waals surface area contributed by atoms with Gasteiger partial charge in [-0.1, -0.05) is 24.3 Å². The molecular weight excluding hydrogens is 387 g/mol. The van der Waals surface area contributed by atoms with Gasteiger partial charge in [-0.3, -0.25) is 14.2 Å². The Morgan fingerprint density at radius 2 is 1.80 bits per heavy atom. The lowest BCUT2D eigenvalue weighted by molar-refractivity contribution is 0.0941. The Morgan fingerprint density at radius 1 is 1.13 bits per heavy atom. The molecule has 1 aliphatic rings. The van der Waals surface area contributed by atoms with E-state index in [9.17, 15) is 18.8 Å². The quantitative estimate of drug-likeness (QED) is 0.701. The molecule has 1 aromatic heterocycles. The number of aromatic nitrogens is 3. The third-order valence-corrected chi connectivity index (χ3v) is 4.92. The highest BCUT2D eigenvalue weighted by molar-refractivity contribution is 5.92. The lowest BCUT2D eigenvalue weighted by Gasteiger charge is -2.13. The molecule has 0 bridgehead atoms. The lowest BCUT2D eigenvalue weighted by Crippen LogP contribution is -2.46. The Kier molecular flexibility index (Phi) is 5.07. The molecule has 7 nitrogen and oxygen atoms in total. The van der Waals surface area contributed by atoms with E-state index in [0.29, 0.717) is 5.69 Å². The van der Waals surface area contributed by atoms with Crippen LogP contribution in [0.1, 0.15) is 40.0 Å². The number of amides is 1. The van der Waals surface area contributed by atoms with Crippen LogP contribution >= 0.6 is 0 Å². The highest BCUT2D eigenvalue weighted by atomic mass is 19.1. The van der Waals surface area contributed by atoms with Crippen molar-refractivity contribution in [3.63, 3.8) is 0 Å². The van der Waals surface area contributed by atoms with Gasteiger partial charge < -0.3 is 5.32 Å². The van der Waals surface area contributed by atoms with Gasteiger partial charge in [-0.05, 0) is 56.0 Å². The molecule has 154 valence electrons. The molecule has 1 heterocycles. The SMILES string of the molecule is Cc1cc(C)cc(-n2nc(C(=O)NC3CC3)c(=O)n(Cc3ccccc3F)c2=O)c1. The number of aryl methyl sites for hydroxylation is 2. The van der Waals surface area contributed by atoms with Crippen molar-refractivity contribution in [2.24, 2.45) is 0 Å². The van der Waals surface area contributed by atoms with Crippen LogP contribution in [0.2, 0.25) is 0 Å². The molecular formula is C22H21FN4O3. The van der Waals surface area contributed by atoms with Crippen LogP contribution in [-0.2, 0) is 6.54 Å². The first-order valence-electron chi connectivity index (χ1n) is 9.70. The molecule has 0 unspecified atom stereocenters. The summed E-state index contributed by atoms with van der Waals surface area (Å²) in [6.07, 6.45) is 1.68. The van der Waals surface area contributed by atoms with Crippen molar-refractivity contribution in [3.05, 3.63) is 91.5 Å². The van der Waals surface area contributed by atoms with E-state index in [1.54, 1.807) is 18.2 Å². The molecule has 4 rings (SSSR count). The molecule has 1 aliphatic carbocycles. The maximum Gasteiger partial charge on any atom is 0.352 e. The summed E-state index contributed by atoms with van der Waals surface area (Å²) in [4.78, 5) is 38.8. The van der Waals surface area contributed by atoms with Crippen LogP contribution in [0.4, 0.5) is 4.39 Å². The summed E-state index contributed by atoms with van der Waals surface area (Å²) in [6, 6.07) is 11.3. The minimum atomic E-state index is -0.845. The zero-order valence-corrected chi connectivity index (χ0v) is 16.7. The molecule has 2 aromatic carbocycles. The zero-order chi connectivity index (χ0) is 21.4. The first-order valence-corrected chi connectivity index (χ1v) is 9.70. The average Bonchev–Trinajstić information content (AvgIpc) is 3.49. The fourth-order valence-corrected chi connectivity index (χ4v) is 3.32. The van der Waals surface area contributed by atoms with Crippen LogP contribution in [-0.4, -0.2) is 26.3 Å². The van der Waals surface area contributed by atoms with E-state index in [4.69, 9.17) is 0 Å². The van der Waals surface area contributed by atoms with Gasteiger partial charge in [0.1, 0.15) is 5.82 Å². The van der Waals surface area contributed by atoms with Gasteiger partial charge in [0, 0.05) is 11.6 Å². The summed E-state index contributed by atoms with van der Waals surface area (Å²) in [5, 5.41) is 6.82. The number of hydrogen-bond donors (Lipinski definition) is 1. The van der Waals surface area contributed by atoms with Crippen molar-refractivity contribution in [3.8, 4) is 5.69 Å². The van der Waals surface area contributed by atoms with Crippen molar-refractivity contribution < 1.29 is 9.18 Å². The normalized spacial score (nSPS) is 13.3. The van der Waals surface area contributed by atoms with Gasteiger partial charge in [-0.25, -0.2) is 9.18 Å². The first kappa shape index (κ1) is 19.8. The summed E-state index contributed by atoms with van der Waals surface area (Å²) in [6.45, 7) is 3.44. The molecule has 1 amide bonds. The molecule has 1 saturated carbocycles. The second-order valence-electron chi connectivity index (χ2n) is 7.62. The number of nitrogens with zero attached hydrogens (tertiary/aromatic N) is 3. The van der Waals surface area contributed by atoms with Crippen molar-refractivity contribution in [2.45, 2.75) is 39.3 Å². The summed E-state index contributed by atoms with van der Waals surface area (Å²) in [7, 11) is 0. The highest BCUT2D eigenvalue weighted by Crippen LogP contribution is 2.19. The van der Waals surface area contributed by atoms with Crippen LogP contribution in [0.25, 0.3) is 5.69 Å². The fraction of sp³-hybridized carbons (Fsp3) is 0.273. The predicted octanol–water partition coefficient (Wildman–Crippen LogP) is 2.09. The van der Waals surface area contributed by atoms with Crippen LogP contribution in [0.5, 0.6) is 0 Å². The van der Waals surface area contributed by atoms with E-state index >= 15 is 0 Å². The summed E-state index contributed by atoms with van der Waals surface area (Å²) < 4.78 is 16.1.